The molecule has 1 amide bonds. The van der Waals surface area contributed by atoms with E-state index in [9.17, 15) is 4.79 Å². The van der Waals surface area contributed by atoms with E-state index in [-0.39, 0.29) is 0 Å². The van der Waals surface area contributed by atoms with Crippen LogP contribution in [-0.2, 0) is 0 Å². The van der Waals surface area contributed by atoms with E-state index in [0.717, 1.165) is 22.4 Å². The summed E-state index contributed by atoms with van der Waals surface area (Å²) in [6.45, 7) is 0. The second kappa shape index (κ2) is 6.85. The fraction of sp³-hybridized carbons (Fsp3) is 0. The maximum Gasteiger partial charge on any atom is 0.260 e. The lowest BCUT2D eigenvalue weighted by atomic mass is 9.99. The van der Waals surface area contributed by atoms with Crippen LogP contribution < -0.4 is 11.5 Å². The van der Waals surface area contributed by atoms with Gasteiger partial charge in [0.2, 0.25) is 0 Å². The van der Waals surface area contributed by atoms with Gasteiger partial charge in [-0.25, -0.2) is 4.98 Å². The number of carbonyl (C=O) groups is 1. The molecule has 27 heavy (non-hydrogen) atoms. The Morgan fingerprint density at radius 2 is 1.48 bits per heavy atom. The largest absolute Gasteiger partial charge is 0.397 e. The lowest BCUT2D eigenvalue weighted by Crippen LogP contribution is -2.10. The summed E-state index contributed by atoms with van der Waals surface area (Å²) >= 11 is 13.2. The Hall–Kier alpha value is -2.60. The number of halogens is 2. The summed E-state index contributed by atoms with van der Waals surface area (Å²) < 4.78 is 0. The molecule has 0 fully saturated rings. The Morgan fingerprint density at radius 1 is 0.926 bits per heavy atom. The number of benzene rings is 2. The van der Waals surface area contributed by atoms with Crippen LogP contribution in [0.3, 0.4) is 0 Å². The van der Waals surface area contributed by atoms with Crippen LogP contribution in [0.2, 0.25) is 10.0 Å². The summed E-state index contributed by atoms with van der Waals surface area (Å²) in [4.78, 5) is 17.4. The zero-order valence-corrected chi connectivity index (χ0v) is 16.2. The number of carbonyl (C=O) groups excluding carboxylic acids is 1. The van der Waals surface area contributed by atoms with E-state index < -0.39 is 5.91 Å². The predicted molar refractivity (Wildman–Crippen MR) is 113 cm³/mol. The van der Waals surface area contributed by atoms with E-state index >= 15 is 0 Å². The Bertz CT molecular complexity index is 1170. The molecule has 0 aliphatic rings. The van der Waals surface area contributed by atoms with E-state index in [2.05, 4.69) is 0 Å². The van der Waals surface area contributed by atoms with Crippen LogP contribution in [0.1, 0.15) is 9.67 Å². The highest BCUT2D eigenvalue weighted by Gasteiger charge is 2.20. The van der Waals surface area contributed by atoms with Gasteiger partial charge in [-0.2, -0.15) is 0 Å². The third-order valence-corrected chi connectivity index (χ3v) is 5.84. The molecule has 0 unspecified atom stereocenters. The molecular formula is C20H13Cl2N3OS. The predicted octanol–water partition coefficient (Wildman–Crippen LogP) is 5.62. The number of nitrogen functional groups attached to an aromatic ring is 1. The first-order valence-corrected chi connectivity index (χ1v) is 9.56. The first-order chi connectivity index (χ1) is 12.9. The molecule has 0 bridgehead atoms. The molecule has 2 aromatic heterocycles. The Labute approximate surface area is 169 Å². The van der Waals surface area contributed by atoms with E-state index in [1.165, 1.54) is 11.3 Å². The zero-order valence-electron chi connectivity index (χ0n) is 13.9. The van der Waals surface area contributed by atoms with Crippen LogP contribution in [-0.4, -0.2) is 10.9 Å². The van der Waals surface area contributed by atoms with Crippen molar-refractivity contribution in [1.29, 1.82) is 0 Å². The Balaban J connectivity index is 2.03. The summed E-state index contributed by atoms with van der Waals surface area (Å²) in [7, 11) is 0. The van der Waals surface area contributed by atoms with E-state index in [1.54, 1.807) is 0 Å². The maximum atomic E-state index is 11.8. The SMILES string of the molecule is NC(=O)c1sc2nc(-c3ccc(Cl)cc3)cc(-c3ccc(Cl)cc3)c2c1N. The van der Waals surface area contributed by atoms with Crippen LogP contribution in [0.25, 0.3) is 32.6 Å². The highest BCUT2D eigenvalue weighted by molar-refractivity contribution is 7.21. The quantitative estimate of drug-likeness (QED) is 0.457. The number of hydrogen-bond acceptors (Lipinski definition) is 4. The second-order valence-corrected chi connectivity index (χ2v) is 7.83. The van der Waals surface area contributed by atoms with E-state index in [0.29, 0.717) is 30.8 Å². The molecule has 0 spiro atoms. The average molecular weight is 414 g/mol. The van der Waals surface area contributed by atoms with Crippen LogP contribution >= 0.6 is 34.5 Å². The number of aromatic nitrogens is 1. The molecule has 4 N–H and O–H groups in total. The number of rotatable bonds is 3. The molecule has 0 radical (unpaired) electrons. The highest BCUT2D eigenvalue weighted by Crippen LogP contribution is 2.41. The molecule has 0 aliphatic heterocycles. The van der Waals surface area contributed by atoms with Crippen LogP contribution in [0.4, 0.5) is 5.69 Å². The van der Waals surface area contributed by atoms with Crippen molar-refractivity contribution in [1.82, 2.24) is 4.98 Å². The van der Waals surface area contributed by atoms with Crippen molar-refractivity contribution >= 4 is 56.3 Å². The number of amides is 1. The standard InChI is InChI=1S/C20H13Cl2N3OS/c21-12-5-1-10(2-6-12)14-9-15(11-3-7-13(22)8-4-11)25-20-16(14)17(23)18(27-20)19(24)26/h1-9H,23H2,(H2,24,26). The normalized spacial score (nSPS) is 11.0. The van der Waals surface area contributed by atoms with Gasteiger partial charge in [0, 0.05) is 21.0 Å². The van der Waals surface area contributed by atoms with Gasteiger partial charge in [0.05, 0.1) is 11.4 Å². The number of primary amides is 1. The van der Waals surface area contributed by atoms with E-state index in [1.807, 2.05) is 54.6 Å². The smallest absolute Gasteiger partial charge is 0.260 e. The fourth-order valence-electron chi connectivity index (χ4n) is 2.93. The molecule has 134 valence electrons. The molecular weight excluding hydrogens is 401 g/mol. The zero-order chi connectivity index (χ0) is 19.1. The van der Waals surface area contributed by atoms with Crippen molar-refractivity contribution in [3.8, 4) is 22.4 Å². The van der Waals surface area contributed by atoms with Crippen molar-refractivity contribution in [2.24, 2.45) is 5.73 Å². The monoisotopic (exact) mass is 413 g/mol. The minimum atomic E-state index is -0.564. The fourth-order valence-corrected chi connectivity index (χ4v) is 4.15. The van der Waals surface area contributed by atoms with Gasteiger partial charge >= 0.3 is 0 Å². The van der Waals surface area contributed by atoms with E-state index in [4.69, 9.17) is 39.7 Å². The Kier molecular flexibility index (Phi) is 4.52. The summed E-state index contributed by atoms with van der Waals surface area (Å²) in [5.41, 5.74) is 15.5. The first-order valence-electron chi connectivity index (χ1n) is 7.98. The van der Waals surface area contributed by atoms with Gasteiger partial charge in [-0.3, -0.25) is 4.79 Å². The van der Waals surface area contributed by atoms with Gasteiger partial charge in [-0.05, 0) is 41.5 Å². The number of nitrogens with two attached hydrogens (primary N) is 2. The molecule has 0 atom stereocenters. The molecule has 4 rings (SSSR count). The summed E-state index contributed by atoms with van der Waals surface area (Å²) in [5, 5.41) is 2.00. The maximum absolute atomic E-state index is 11.8. The highest BCUT2D eigenvalue weighted by atomic mass is 35.5. The van der Waals surface area contributed by atoms with Crippen LogP contribution in [0.5, 0.6) is 0 Å². The van der Waals surface area contributed by atoms with Gasteiger partial charge in [-0.1, -0.05) is 47.5 Å². The molecule has 0 aliphatic carbocycles. The lowest BCUT2D eigenvalue weighted by Gasteiger charge is -2.09. The molecule has 4 aromatic rings. The Morgan fingerprint density at radius 3 is 2.04 bits per heavy atom. The number of thiophene rings is 1. The number of pyridine rings is 1. The number of nitrogens with zero attached hydrogens (tertiary/aromatic N) is 1. The van der Waals surface area contributed by atoms with Crippen molar-refractivity contribution in [2.75, 3.05) is 5.73 Å². The third kappa shape index (κ3) is 3.25. The minimum absolute atomic E-state index is 0.306. The molecule has 0 saturated heterocycles. The molecule has 2 heterocycles. The van der Waals surface area contributed by atoms with Gasteiger partial charge in [-0.15, -0.1) is 11.3 Å². The first kappa shape index (κ1) is 17.8. The van der Waals surface area contributed by atoms with Gasteiger partial charge in [0.15, 0.2) is 0 Å². The van der Waals surface area contributed by atoms with Crippen LogP contribution in [0, 0.1) is 0 Å². The van der Waals surface area contributed by atoms with Gasteiger partial charge < -0.3 is 11.5 Å². The van der Waals surface area contributed by atoms with Gasteiger partial charge in [0.25, 0.3) is 5.91 Å². The summed E-state index contributed by atoms with van der Waals surface area (Å²) in [6.07, 6.45) is 0. The minimum Gasteiger partial charge on any atom is -0.397 e. The third-order valence-electron chi connectivity index (χ3n) is 4.22. The number of anilines is 1. The molecule has 0 saturated carbocycles. The summed E-state index contributed by atoms with van der Waals surface area (Å²) in [5.74, 6) is -0.564. The van der Waals surface area contributed by atoms with Gasteiger partial charge in [0.1, 0.15) is 9.71 Å². The average Bonchev–Trinajstić information content (AvgIpc) is 2.99. The molecule has 4 nitrogen and oxygen atoms in total. The number of fused-ring (bicyclic) bond motifs is 1. The van der Waals surface area contributed by atoms with Crippen molar-refractivity contribution in [3.05, 3.63) is 69.5 Å². The summed E-state index contributed by atoms with van der Waals surface area (Å²) in [6, 6.07) is 16.8. The van der Waals surface area contributed by atoms with Crippen molar-refractivity contribution < 1.29 is 4.79 Å². The molecule has 7 heteroatoms. The second-order valence-electron chi connectivity index (χ2n) is 5.96. The van der Waals surface area contributed by atoms with Crippen molar-refractivity contribution in [3.63, 3.8) is 0 Å². The van der Waals surface area contributed by atoms with Crippen LogP contribution in [0.15, 0.2) is 54.6 Å². The topological polar surface area (TPSA) is 82.0 Å². The van der Waals surface area contributed by atoms with Crippen molar-refractivity contribution in [2.45, 2.75) is 0 Å². The lowest BCUT2D eigenvalue weighted by molar-refractivity contribution is 0.100. The number of hydrogen-bond donors (Lipinski definition) is 2. The molecule has 2 aromatic carbocycles.